The first-order chi connectivity index (χ1) is 15.1. The molecule has 0 atom stereocenters. The molecule has 6 heteroatoms. The van der Waals surface area contributed by atoms with Crippen LogP contribution in [0.4, 0.5) is 0 Å². The van der Waals surface area contributed by atoms with Crippen LogP contribution >= 0.6 is 0 Å². The van der Waals surface area contributed by atoms with Gasteiger partial charge in [0.25, 0.3) is 0 Å². The van der Waals surface area contributed by atoms with Crippen LogP contribution in [0.5, 0.6) is 5.75 Å². The van der Waals surface area contributed by atoms with Crippen molar-refractivity contribution in [3.05, 3.63) is 83.9 Å². The lowest BCUT2D eigenvalue weighted by Crippen LogP contribution is -2.08. The van der Waals surface area contributed by atoms with Gasteiger partial charge in [-0.2, -0.15) is 0 Å². The second-order valence-corrected chi connectivity index (χ2v) is 7.06. The van der Waals surface area contributed by atoms with E-state index < -0.39 is 5.97 Å². The van der Waals surface area contributed by atoms with Crippen molar-refractivity contribution in [2.75, 3.05) is 6.61 Å². The van der Waals surface area contributed by atoms with Crippen LogP contribution in [0, 0.1) is 0 Å². The van der Waals surface area contributed by atoms with Crippen LogP contribution < -0.4 is 4.74 Å². The number of aromatic nitrogens is 1. The molecule has 0 unspecified atom stereocenters. The molecule has 1 heterocycles. The first-order valence-corrected chi connectivity index (χ1v) is 10.0. The highest BCUT2D eigenvalue weighted by molar-refractivity contribution is 6.15. The number of carboxylic acid groups (broad SMARTS) is 1. The zero-order valence-corrected chi connectivity index (χ0v) is 16.8. The van der Waals surface area contributed by atoms with E-state index in [1.807, 2.05) is 36.4 Å². The number of ether oxygens (including phenoxy) is 2. The Morgan fingerprint density at radius 3 is 2.42 bits per heavy atom. The van der Waals surface area contributed by atoms with E-state index in [2.05, 4.69) is 4.98 Å². The van der Waals surface area contributed by atoms with Crippen LogP contribution in [0.15, 0.2) is 72.8 Å². The number of carbonyl (C=O) groups excluding carboxylic acids is 1. The molecule has 3 aromatic carbocycles. The molecule has 6 nitrogen and oxygen atoms in total. The lowest BCUT2D eigenvalue weighted by molar-refractivity contribution is -0.145. The number of nitrogens with zero attached hydrogens (tertiary/aromatic N) is 1. The van der Waals surface area contributed by atoms with Crippen LogP contribution in [0.25, 0.3) is 21.8 Å². The van der Waals surface area contributed by atoms with E-state index in [4.69, 9.17) is 9.47 Å². The number of esters is 1. The Morgan fingerprint density at radius 1 is 0.871 bits per heavy atom. The average Bonchev–Trinajstić information content (AvgIpc) is 2.79. The summed E-state index contributed by atoms with van der Waals surface area (Å²) in [6, 6.07) is 21.9. The smallest absolute Gasteiger partial charge is 0.337 e. The van der Waals surface area contributed by atoms with Crippen molar-refractivity contribution in [3.63, 3.8) is 0 Å². The van der Waals surface area contributed by atoms with Crippen molar-refractivity contribution >= 4 is 33.7 Å². The Bertz CT molecular complexity index is 1240. The van der Waals surface area contributed by atoms with Gasteiger partial charge in [0.1, 0.15) is 12.4 Å². The summed E-state index contributed by atoms with van der Waals surface area (Å²) in [6.45, 7) is 0.496. The van der Waals surface area contributed by atoms with E-state index >= 15 is 0 Å². The quantitative estimate of drug-likeness (QED) is 0.248. The van der Waals surface area contributed by atoms with Crippen LogP contribution in [-0.4, -0.2) is 28.6 Å². The molecule has 31 heavy (non-hydrogen) atoms. The molecule has 0 aliphatic heterocycles. The van der Waals surface area contributed by atoms with Crippen molar-refractivity contribution in [2.45, 2.75) is 19.4 Å². The first kappa shape index (κ1) is 20.3. The van der Waals surface area contributed by atoms with Gasteiger partial charge in [-0.15, -0.1) is 0 Å². The van der Waals surface area contributed by atoms with Gasteiger partial charge in [-0.25, -0.2) is 9.78 Å². The maximum Gasteiger partial charge on any atom is 0.337 e. The van der Waals surface area contributed by atoms with Crippen LogP contribution in [0.1, 0.15) is 28.8 Å². The van der Waals surface area contributed by atoms with Gasteiger partial charge < -0.3 is 14.6 Å². The Hall–Kier alpha value is -3.93. The highest BCUT2D eigenvalue weighted by Gasteiger charge is 2.18. The lowest BCUT2D eigenvalue weighted by atomic mass is 10.0. The minimum atomic E-state index is -1.04. The summed E-state index contributed by atoms with van der Waals surface area (Å²) in [5, 5.41) is 10.9. The molecule has 0 radical (unpaired) electrons. The van der Waals surface area contributed by atoms with Crippen LogP contribution in [0.2, 0.25) is 0 Å². The van der Waals surface area contributed by atoms with Crippen molar-refractivity contribution in [1.82, 2.24) is 4.98 Å². The minimum absolute atomic E-state index is 0.165. The number of aromatic carboxylic acids is 1. The molecular formula is C25H21NO5. The fraction of sp³-hybridized carbons (Fsp3) is 0.160. The van der Waals surface area contributed by atoms with Gasteiger partial charge in [0.15, 0.2) is 0 Å². The molecular weight excluding hydrogens is 394 g/mol. The Morgan fingerprint density at radius 2 is 1.61 bits per heavy atom. The number of carboxylic acids is 1. The van der Waals surface area contributed by atoms with Gasteiger partial charge >= 0.3 is 11.9 Å². The Kier molecular flexibility index (Phi) is 6.08. The van der Waals surface area contributed by atoms with Crippen molar-refractivity contribution in [1.29, 1.82) is 0 Å². The maximum absolute atomic E-state index is 12.0. The molecule has 0 spiro atoms. The zero-order chi connectivity index (χ0) is 21.6. The topological polar surface area (TPSA) is 85.7 Å². The predicted molar refractivity (Wildman–Crippen MR) is 117 cm³/mol. The van der Waals surface area contributed by atoms with Gasteiger partial charge in [-0.1, -0.05) is 54.6 Å². The Labute approximate surface area is 179 Å². The SMILES string of the molecule is O=C(CCCOc1cccc2nc3ccccc3c(C(=O)O)c12)OCc1ccccc1. The fourth-order valence-electron chi connectivity index (χ4n) is 3.46. The second kappa shape index (κ2) is 9.26. The molecule has 0 saturated heterocycles. The summed E-state index contributed by atoms with van der Waals surface area (Å²) < 4.78 is 11.1. The largest absolute Gasteiger partial charge is 0.493 e. The van der Waals surface area contributed by atoms with E-state index in [9.17, 15) is 14.7 Å². The maximum atomic E-state index is 12.0. The van der Waals surface area contributed by atoms with Gasteiger partial charge in [-0.05, 0) is 30.2 Å². The fourth-order valence-corrected chi connectivity index (χ4v) is 3.46. The molecule has 4 aromatic rings. The van der Waals surface area contributed by atoms with Crippen molar-refractivity contribution in [2.24, 2.45) is 0 Å². The number of benzene rings is 3. The number of hydrogen-bond acceptors (Lipinski definition) is 5. The molecule has 0 saturated carbocycles. The van der Waals surface area contributed by atoms with Gasteiger partial charge in [-0.3, -0.25) is 4.79 Å². The molecule has 0 bridgehead atoms. The van der Waals surface area contributed by atoms with E-state index in [1.54, 1.807) is 36.4 Å². The highest BCUT2D eigenvalue weighted by Crippen LogP contribution is 2.33. The lowest BCUT2D eigenvalue weighted by Gasteiger charge is -2.13. The standard InChI is InChI=1S/C25H21NO5/c27-22(31-16-17-8-2-1-3-9-17)14-7-15-30-21-13-6-12-20-24(21)23(25(28)29)18-10-4-5-11-19(18)26-20/h1-6,8-13H,7,14-16H2,(H,28,29). The van der Waals surface area contributed by atoms with E-state index in [1.165, 1.54) is 0 Å². The number of carbonyl (C=O) groups is 2. The molecule has 1 aromatic heterocycles. The van der Waals surface area contributed by atoms with Crippen molar-refractivity contribution in [3.8, 4) is 5.75 Å². The minimum Gasteiger partial charge on any atom is -0.493 e. The molecule has 1 N–H and O–H groups in total. The summed E-state index contributed by atoms with van der Waals surface area (Å²) in [5.41, 5.74) is 2.27. The third-order valence-electron chi connectivity index (χ3n) is 4.91. The van der Waals surface area contributed by atoms with Crippen molar-refractivity contribution < 1.29 is 24.2 Å². The molecule has 0 aliphatic carbocycles. The summed E-state index contributed by atoms with van der Waals surface area (Å²) in [4.78, 5) is 28.6. The van der Waals surface area contributed by atoms with Gasteiger partial charge in [0.2, 0.25) is 0 Å². The molecule has 0 amide bonds. The number of hydrogen-bond donors (Lipinski definition) is 1. The summed E-state index contributed by atoms with van der Waals surface area (Å²) in [7, 11) is 0. The van der Waals surface area contributed by atoms with Gasteiger partial charge in [0.05, 0.1) is 28.6 Å². The number of pyridine rings is 1. The monoisotopic (exact) mass is 415 g/mol. The van der Waals surface area contributed by atoms with E-state index in [-0.39, 0.29) is 31.2 Å². The summed E-state index contributed by atoms with van der Waals surface area (Å²) in [6.07, 6.45) is 0.665. The highest BCUT2D eigenvalue weighted by atomic mass is 16.5. The molecule has 0 fully saturated rings. The zero-order valence-electron chi connectivity index (χ0n) is 16.8. The van der Waals surface area contributed by atoms with Gasteiger partial charge in [0, 0.05) is 11.8 Å². The number of fused-ring (bicyclic) bond motifs is 2. The normalized spacial score (nSPS) is 10.8. The third kappa shape index (κ3) is 4.64. The Balaban J connectivity index is 1.44. The third-order valence-corrected chi connectivity index (χ3v) is 4.91. The second-order valence-electron chi connectivity index (χ2n) is 7.06. The summed E-state index contributed by atoms with van der Waals surface area (Å²) >= 11 is 0. The number of rotatable bonds is 8. The van der Waals surface area contributed by atoms with Crippen LogP contribution in [0.3, 0.4) is 0 Å². The summed E-state index contributed by atoms with van der Waals surface area (Å²) in [5.74, 6) is -0.904. The predicted octanol–water partition coefficient (Wildman–Crippen LogP) is 4.99. The van der Waals surface area contributed by atoms with Crippen LogP contribution in [-0.2, 0) is 16.1 Å². The molecule has 4 rings (SSSR count). The average molecular weight is 415 g/mol. The molecule has 156 valence electrons. The van der Waals surface area contributed by atoms with E-state index in [0.717, 1.165) is 5.56 Å². The number of para-hydroxylation sites is 1. The first-order valence-electron chi connectivity index (χ1n) is 10.0. The van der Waals surface area contributed by atoms with E-state index in [0.29, 0.717) is 34.0 Å². The molecule has 0 aliphatic rings.